The van der Waals surface area contributed by atoms with Gasteiger partial charge in [0.25, 0.3) is 0 Å². The molecule has 1 fully saturated rings. The lowest BCUT2D eigenvalue weighted by molar-refractivity contribution is -0.274. The molecule has 1 saturated carbocycles. The van der Waals surface area contributed by atoms with Gasteiger partial charge in [0.05, 0.1) is 19.6 Å². The molecule has 2 N–H and O–H groups in total. The number of hydrogen-bond donors (Lipinski definition) is 2. The second-order valence-corrected chi connectivity index (χ2v) is 9.21. The van der Waals surface area contributed by atoms with Crippen LogP contribution in [0.2, 0.25) is 0 Å². The third kappa shape index (κ3) is 7.53. The predicted molar refractivity (Wildman–Crippen MR) is 135 cm³/mol. The molecule has 4 rings (SSSR count). The summed E-state index contributed by atoms with van der Waals surface area (Å²) in [5.74, 6) is 0.861. The Kier molecular flexibility index (Phi) is 8.60. The van der Waals surface area contributed by atoms with Gasteiger partial charge in [-0.15, -0.1) is 13.2 Å². The maximum absolute atomic E-state index is 12.4. The van der Waals surface area contributed by atoms with Crippen molar-refractivity contribution in [1.82, 2.24) is 4.98 Å². The first kappa shape index (κ1) is 27.1. The Labute approximate surface area is 218 Å². The van der Waals surface area contributed by atoms with E-state index in [-0.39, 0.29) is 18.2 Å². The Hall–Kier alpha value is -3.95. The largest absolute Gasteiger partial charge is 0.573 e. The summed E-state index contributed by atoms with van der Waals surface area (Å²) < 4.78 is 52.8. The van der Waals surface area contributed by atoms with Crippen molar-refractivity contribution < 1.29 is 37.3 Å². The molecule has 0 saturated heterocycles. The molecule has 0 spiro atoms. The molecule has 7 nitrogen and oxygen atoms in total. The molecule has 202 valence electrons. The van der Waals surface area contributed by atoms with E-state index in [1.807, 2.05) is 24.3 Å². The van der Waals surface area contributed by atoms with Crippen LogP contribution in [-0.2, 0) is 11.3 Å². The molecule has 1 heterocycles. The van der Waals surface area contributed by atoms with E-state index in [4.69, 9.17) is 14.6 Å². The van der Waals surface area contributed by atoms with Crippen molar-refractivity contribution >= 4 is 11.8 Å². The lowest BCUT2D eigenvalue weighted by atomic mass is 9.82. The Bertz CT molecular complexity index is 1230. The molecule has 0 atom stereocenters. The van der Waals surface area contributed by atoms with Crippen LogP contribution in [0.25, 0.3) is 11.1 Å². The number of rotatable bonds is 10. The van der Waals surface area contributed by atoms with E-state index < -0.39 is 12.3 Å². The molecule has 10 heteroatoms. The van der Waals surface area contributed by atoms with Gasteiger partial charge in [-0.2, -0.15) is 0 Å². The zero-order chi connectivity index (χ0) is 27.1. The number of benzene rings is 2. The Morgan fingerprint density at radius 1 is 1.03 bits per heavy atom. The number of aromatic nitrogens is 1. The monoisotopic (exact) mass is 530 g/mol. The first-order valence-electron chi connectivity index (χ1n) is 12.3. The molecular formula is C28H29F3N2O5. The normalized spacial score (nSPS) is 17.5. The number of nitrogens with zero attached hydrogens (tertiary/aromatic N) is 1. The topological polar surface area (TPSA) is 89.9 Å². The third-order valence-electron chi connectivity index (χ3n) is 6.54. The van der Waals surface area contributed by atoms with Gasteiger partial charge in [-0.3, -0.25) is 4.79 Å². The number of alkyl halides is 3. The second-order valence-electron chi connectivity index (χ2n) is 9.21. The number of methoxy groups -OCH3 is 1. The Morgan fingerprint density at radius 2 is 1.79 bits per heavy atom. The molecule has 3 aromatic rings. The van der Waals surface area contributed by atoms with Gasteiger partial charge in [0.15, 0.2) is 11.5 Å². The van der Waals surface area contributed by atoms with Gasteiger partial charge in [0.1, 0.15) is 11.6 Å². The highest BCUT2D eigenvalue weighted by atomic mass is 19.4. The molecule has 1 aromatic heterocycles. The number of ether oxygens (including phenoxy) is 3. The van der Waals surface area contributed by atoms with E-state index in [0.29, 0.717) is 48.2 Å². The van der Waals surface area contributed by atoms with Gasteiger partial charge in [-0.1, -0.05) is 18.2 Å². The summed E-state index contributed by atoms with van der Waals surface area (Å²) in [5, 5.41) is 12.3. The molecular weight excluding hydrogens is 501 g/mol. The number of carbonyl (C=O) groups is 1. The van der Waals surface area contributed by atoms with Gasteiger partial charge in [-0.25, -0.2) is 4.98 Å². The number of halogens is 3. The number of pyridine rings is 1. The van der Waals surface area contributed by atoms with Crippen LogP contribution >= 0.6 is 0 Å². The summed E-state index contributed by atoms with van der Waals surface area (Å²) in [4.78, 5) is 15.6. The highest BCUT2D eigenvalue weighted by Gasteiger charge is 2.31. The van der Waals surface area contributed by atoms with Crippen LogP contribution in [0.4, 0.5) is 19.0 Å². The first-order valence-corrected chi connectivity index (χ1v) is 12.3. The minimum atomic E-state index is -4.74. The highest BCUT2D eigenvalue weighted by Crippen LogP contribution is 2.35. The van der Waals surface area contributed by atoms with Crippen molar-refractivity contribution in [3.05, 3.63) is 66.4 Å². The predicted octanol–water partition coefficient (Wildman–Crippen LogP) is 6.54. The van der Waals surface area contributed by atoms with Gasteiger partial charge in [-0.05, 0) is 79.1 Å². The maximum atomic E-state index is 12.4. The number of carboxylic acids is 1. The number of anilines is 1. The van der Waals surface area contributed by atoms with Crippen molar-refractivity contribution in [2.24, 2.45) is 11.8 Å². The molecule has 0 aliphatic heterocycles. The third-order valence-corrected chi connectivity index (χ3v) is 6.54. The average molecular weight is 531 g/mol. The molecule has 0 amide bonds. The second kappa shape index (κ2) is 12.1. The van der Waals surface area contributed by atoms with Crippen LogP contribution in [0.15, 0.2) is 60.8 Å². The van der Waals surface area contributed by atoms with E-state index in [1.165, 1.54) is 18.2 Å². The first-order chi connectivity index (χ1) is 18.2. The smallest absolute Gasteiger partial charge is 0.493 e. The number of carboxylic acid groups (broad SMARTS) is 1. The number of hydrogen-bond acceptors (Lipinski definition) is 6. The van der Waals surface area contributed by atoms with Crippen LogP contribution in [0.3, 0.4) is 0 Å². The van der Waals surface area contributed by atoms with Crippen molar-refractivity contribution in [3.63, 3.8) is 0 Å². The molecule has 0 unspecified atom stereocenters. The van der Waals surface area contributed by atoms with E-state index in [1.54, 1.807) is 25.4 Å². The molecule has 38 heavy (non-hydrogen) atoms. The van der Waals surface area contributed by atoms with Crippen LogP contribution in [-0.4, -0.2) is 36.1 Å². The molecule has 1 aliphatic rings. The van der Waals surface area contributed by atoms with Crippen LogP contribution in [0, 0.1) is 11.8 Å². The molecule has 2 aromatic carbocycles. The van der Waals surface area contributed by atoms with Gasteiger partial charge in [0.2, 0.25) is 0 Å². The Balaban J connectivity index is 1.33. The van der Waals surface area contributed by atoms with E-state index in [2.05, 4.69) is 15.0 Å². The van der Waals surface area contributed by atoms with Gasteiger partial charge < -0.3 is 24.6 Å². The lowest BCUT2D eigenvalue weighted by Gasteiger charge is -2.26. The quantitative estimate of drug-likeness (QED) is 0.308. The maximum Gasteiger partial charge on any atom is 0.573 e. The number of nitrogens with one attached hydrogen (secondary N) is 1. The van der Waals surface area contributed by atoms with E-state index in [0.717, 1.165) is 24.0 Å². The zero-order valence-corrected chi connectivity index (χ0v) is 20.8. The van der Waals surface area contributed by atoms with Gasteiger partial charge >= 0.3 is 12.3 Å². The highest BCUT2D eigenvalue weighted by molar-refractivity contribution is 5.70. The van der Waals surface area contributed by atoms with Crippen LogP contribution in [0.1, 0.15) is 31.2 Å². The summed E-state index contributed by atoms with van der Waals surface area (Å²) in [5.41, 5.74) is 2.35. The molecule has 0 bridgehead atoms. The molecule has 0 radical (unpaired) electrons. The molecule has 1 aliphatic carbocycles. The summed E-state index contributed by atoms with van der Waals surface area (Å²) in [6.45, 7) is 0.786. The summed E-state index contributed by atoms with van der Waals surface area (Å²) >= 11 is 0. The SMILES string of the molecule is COc1cc(-c2ccc(NCc3cccc(OC(F)(F)F)c3)nc2)ccc1OCC1CCC(C(=O)O)CC1. The van der Waals surface area contributed by atoms with Crippen LogP contribution in [0.5, 0.6) is 17.2 Å². The average Bonchev–Trinajstić information content (AvgIpc) is 2.90. The summed E-state index contributed by atoms with van der Waals surface area (Å²) in [6, 6.07) is 15.1. The van der Waals surface area contributed by atoms with Crippen molar-refractivity contribution in [2.45, 2.75) is 38.6 Å². The fourth-order valence-electron chi connectivity index (χ4n) is 4.46. The minimum Gasteiger partial charge on any atom is -0.493 e. The fraction of sp³-hybridized carbons (Fsp3) is 0.357. The van der Waals surface area contributed by atoms with E-state index >= 15 is 0 Å². The Morgan fingerprint density at radius 3 is 2.45 bits per heavy atom. The van der Waals surface area contributed by atoms with Crippen LogP contribution < -0.4 is 19.5 Å². The van der Waals surface area contributed by atoms with Gasteiger partial charge in [0, 0.05) is 18.3 Å². The zero-order valence-electron chi connectivity index (χ0n) is 20.8. The van der Waals surface area contributed by atoms with Crippen molar-refractivity contribution in [2.75, 3.05) is 19.0 Å². The van der Waals surface area contributed by atoms with Crippen molar-refractivity contribution in [3.8, 4) is 28.4 Å². The fourth-order valence-corrected chi connectivity index (χ4v) is 4.46. The lowest BCUT2D eigenvalue weighted by Crippen LogP contribution is -2.24. The van der Waals surface area contributed by atoms with Crippen molar-refractivity contribution in [1.29, 1.82) is 0 Å². The summed E-state index contributed by atoms with van der Waals surface area (Å²) in [6.07, 6.45) is -0.0280. The number of aliphatic carboxylic acids is 1. The minimum absolute atomic E-state index is 0.251. The standard InChI is InChI=1S/C28H29F3N2O5/c1-36-25-14-21(9-11-24(25)37-17-18-5-7-20(8-6-18)27(34)35)22-10-12-26(33-16-22)32-15-19-3-2-4-23(13-19)38-28(29,30)31/h2-4,9-14,16,18,20H,5-8,15,17H2,1H3,(H,32,33)(H,34,35). The van der Waals surface area contributed by atoms with E-state index in [9.17, 15) is 18.0 Å². The summed E-state index contributed by atoms with van der Waals surface area (Å²) in [7, 11) is 1.57.